The van der Waals surface area contributed by atoms with Crippen LogP contribution in [0.2, 0.25) is 0 Å². The Morgan fingerprint density at radius 3 is 3.00 bits per heavy atom. The number of fused-ring (bicyclic) bond motifs is 1. The minimum atomic E-state index is -0.237. The lowest BCUT2D eigenvalue weighted by Gasteiger charge is -2.34. The predicted molar refractivity (Wildman–Crippen MR) is 65.0 cm³/mol. The Morgan fingerprint density at radius 1 is 1.59 bits per heavy atom. The molecule has 17 heavy (non-hydrogen) atoms. The molecule has 0 aliphatic carbocycles. The van der Waals surface area contributed by atoms with Gasteiger partial charge in [-0.15, -0.1) is 0 Å². The molecule has 0 aromatic heterocycles. The zero-order valence-electron chi connectivity index (χ0n) is 10.7. The van der Waals surface area contributed by atoms with Crippen LogP contribution in [0.15, 0.2) is 11.4 Å². The van der Waals surface area contributed by atoms with Crippen LogP contribution >= 0.6 is 0 Å². The van der Waals surface area contributed by atoms with E-state index in [9.17, 15) is 4.79 Å². The van der Waals surface area contributed by atoms with Crippen molar-refractivity contribution in [2.45, 2.75) is 26.9 Å². The molecule has 1 saturated heterocycles. The van der Waals surface area contributed by atoms with E-state index in [0.717, 1.165) is 25.3 Å². The summed E-state index contributed by atoms with van der Waals surface area (Å²) < 4.78 is 5.09. The molecule has 0 amide bonds. The van der Waals surface area contributed by atoms with Crippen LogP contribution < -0.4 is 10.6 Å². The van der Waals surface area contributed by atoms with E-state index in [4.69, 9.17) is 4.74 Å². The summed E-state index contributed by atoms with van der Waals surface area (Å²) in [7, 11) is 0. The van der Waals surface area contributed by atoms with Crippen molar-refractivity contribution >= 4 is 5.97 Å². The third-order valence-corrected chi connectivity index (χ3v) is 3.20. The Labute approximate surface area is 102 Å². The van der Waals surface area contributed by atoms with Crippen molar-refractivity contribution in [1.29, 1.82) is 0 Å². The molecule has 0 aromatic carbocycles. The number of esters is 1. The number of carbonyl (C=O) groups excluding carboxylic acids is 1. The second kappa shape index (κ2) is 4.96. The lowest BCUT2D eigenvalue weighted by molar-refractivity contribution is -0.139. The van der Waals surface area contributed by atoms with Crippen LogP contribution in [0, 0.1) is 5.92 Å². The predicted octanol–water partition coefficient (Wildman–Crippen LogP) is 0.252. The highest BCUT2D eigenvalue weighted by atomic mass is 16.5. The zero-order valence-corrected chi connectivity index (χ0v) is 10.7. The highest BCUT2D eigenvalue weighted by Crippen LogP contribution is 2.26. The fourth-order valence-electron chi connectivity index (χ4n) is 2.40. The maximum absolute atomic E-state index is 11.9. The van der Waals surface area contributed by atoms with Crippen molar-refractivity contribution < 1.29 is 9.53 Å². The number of hydrogen-bond donors (Lipinski definition) is 2. The molecule has 1 fully saturated rings. The van der Waals surface area contributed by atoms with E-state index in [1.165, 1.54) is 0 Å². The minimum Gasteiger partial charge on any atom is -0.461 e. The number of nitrogens with zero attached hydrogens (tertiary/aromatic N) is 1. The Morgan fingerprint density at radius 2 is 2.35 bits per heavy atom. The molecule has 5 nitrogen and oxygen atoms in total. The molecule has 96 valence electrons. The lowest BCUT2D eigenvalue weighted by atomic mass is 10.1. The number of rotatable bonds is 3. The molecule has 0 bridgehead atoms. The first-order valence-corrected chi connectivity index (χ1v) is 6.29. The number of piperazine rings is 1. The summed E-state index contributed by atoms with van der Waals surface area (Å²) in [5.41, 5.74) is 1.69. The lowest BCUT2D eigenvalue weighted by Crippen LogP contribution is -2.48. The van der Waals surface area contributed by atoms with E-state index < -0.39 is 0 Å². The van der Waals surface area contributed by atoms with Crippen LogP contribution in [-0.2, 0) is 9.53 Å². The number of hydrogen-bond acceptors (Lipinski definition) is 5. The second-order valence-electron chi connectivity index (χ2n) is 4.75. The summed E-state index contributed by atoms with van der Waals surface area (Å²) >= 11 is 0. The summed E-state index contributed by atoms with van der Waals surface area (Å²) in [5, 5.41) is 6.60. The van der Waals surface area contributed by atoms with Gasteiger partial charge in [0.15, 0.2) is 0 Å². The highest BCUT2D eigenvalue weighted by Gasteiger charge is 2.37. The molecule has 2 heterocycles. The molecule has 2 aliphatic heterocycles. The van der Waals surface area contributed by atoms with Gasteiger partial charge in [-0.2, -0.15) is 0 Å². The Kier molecular flexibility index (Phi) is 3.57. The average molecular weight is 239 g/mol. The standard InChI is InChI=1S/C12H21N3O2/c1-4-17-12(16)10-9-7-13-5-6-15(9)11(14-10)8(2)3/h8,11,13-14H,4-7H2,1-3H3. The third-order valence-electron chi connectivity index (χ3n) is 3.20. The van der Waals surface area contributed by atoms with Crippen LogP contribution in [0.25, 0.3) is 0 Å². The molecule has 0 saturated carbocycles. The van der Waals surface area contributed by atoms with Crippen molar-refractivity contribution in [3.05, 3.63) is 11.4 Å². The molecule has 1 unspecified atom stereocenters. The van der Waals surface area contributed by atoms with Gasteiger partial charge in [-0.3, -0.25) is 0 Å². The van der Waals surface area contributed by atoms with Crippen LogP contribution in [0.4, 0.5) is 0 Å². The molecule has 2 rings (SSSR count). The van der Waals surface area contributed by atoms with Crippen molar-refractivity contribution in [1.82, 2.24) is 15.5 Å². The van der Waals surface area contributed by atoms with E-state index in [1.807, 2.05) is 6.92 Å². The van der Waals surface area contributed by atoms with Gasteiger partial charge in [-0.05, 0) is 12.8 Å². The Balaban J connectivity index is 2.21. The maximum atomic E-state index is 11.9. The zero-order chi connectivity index (χ0) is 12.4. The van der Waals surface area contributed by atoms with Gasteiger partial charge in [-0.1, -0.05) is 13.8 Å². The van der Waals surface area contributed by atoms with E-state index in [2.05, 4.69) is 29.4 Å². The first-order valence-electron chi connectivity index (χ1n) is 6.29. The fourth-order valence-corrected chi connectivity index (χ4v) is 2.40. The quantitative estimate of drug-likeness (QED) is 0.692. The van der Waals surface area contributed by atoms with Crippen LogP contribution in [0.3, 0.4) is 0 Å². The normalized spacial score (nSPS) is 23.8. The SMILES string of the molecule is CCOC(=O)C1=C2CNCCN2C(C(C)C)N1. The first-order chi connectivity index (χ1) is 8.15. The van der Waals surface area contributed by atoms with E-state index >= 15 is 0 Å². The van der Waals surface area contributed by atoms with Gasteiger partial charge < -0.3 is 20.3 Å². The van der Waals surface area contributed by atoms with E-state index in [0.29, 0.717) is 18.2 Å². The van der Waals surface area contributed by atoms with E-state index in [1.54, 1.807) is 0 Å². The summed E-state index contributed by atoms with van der Waals surface area (Å²) in [6.07, 6.45) is 0.214. The van der Waals surface area contributed by atoms with Crippen molar-refractivity contribution in [3.8, 4) is 0 Å². The highest BCUT2D eigenvalue weighted by molar-refractivity contribution is 5.89. The number of carbonyl (C=O) groups is 1. The molecule has 5 heteroatoms. The third kappa shape index (κ3) is 2.24. The smallest absolute Gasteiger partial charge is 0.356 e. The van der Waals surface area contributed by atoms with Crippen molar-refractivity contribution in [2.24, 2.45) is 5.92 Å². The van der Waals surface area contributed by atoms with Gasteiger partial charge in [0.1, 0.15) is 11.9 Å². The molecule has 1 atom stereocenters. The maximum Gasteiger partial charge on any atom is 0.356 e. The topological polar surface area (TPSA) is 53.6 Å². The van der Waals surface area contributed by atoms with Gasteiger partial charge >= 0.3 is 5.97 Å². The van der Waals surface area contributed by atoms with E-state index in [-0.39, 0.29) is 12.1 Å². The van der Waals surface area contributed by atoms with Gasteiger partial charge in [0.05, 0.1) is 12.3 Å². The van der Waals surface area contributed by atoms with Crippen LogP contribution in [0.5, 0.6) is 0 Å². The largest absolute Gasteiger partial charge is 0.461 e. The summed E-state index contributed by atoms with van der Waals surface area (Å²) in [5.74, 6) is 0.217. The summed E-state index contributed by atoms with van der Waals surface area (Å²) in [4.78, 5) is 14.2. The molecule has 0 aromatic rings. The molecule has 2 aliphatic rings. The molecule has 0 radical (unpaired) electrons. The van der Waals surface area contributed by atoms with Gasteiger partial charge in [0, 0.05) is 19.6 Å². The molecular weight excluding hydrogens is 218 g/mol. The molecular formula is C12H21N3O2. The first kappa shape index (κ1) is 12.2. The fraction of sp³-hybridized carbons (Fsp3) is 0.750. The van der Waals surface area contributed by atoms with Crippen molar-refractivity contribution in [2.75, 3.05) is 26.2 Å². The monoisotopic (exact) mass is 239 g/mol. The van der Waals surface area contributed by atoms with Crippen LogP contribution in [0.1, 0.15) is 20.8 Å². The van der Waals surface area contributed by atoms with Gasteiger partial charge in [0.2, 0.25) is 0 Å². The van der Waals surface area contributed by atoms with Crippen molar-refractivity contribution in [3.63, 3.8) is 0 Å². The van der Waals surface area contributed by atoms with Gasteiger partial charge in [-0.25, -0.2) is 4.79 Å². The Hall–Kier alpha value is -1.23. The number of nitrogens with one attached hydrogen (secondary N) is 2. The molecule has 2 N–H and O–H groups in total. The number of ether oxygens (including phenoxy) is 1. The van der Waals surface area contributed by atoms with Crippen LogP contribution in [-0.4, -0.2) is 43.3 Å². The molecule has 0 spiro atoms. The van der Waals surface area contributed by atoms with Gasteiger partial charge in [0.25, 0.3) is 0 Å². The average Bonchev–Trinajstić information content (AvgIpc) is 2.69. The minimum absolute atomic E-state index is 0.214. The Bertz CT molecular complexity index is 339. The summed E-state index contributed by atoms with van der Waals surface area (Å²) in [6.45, 7) is 9.20. The summed E-state index contributed by atoms with van der Waals surface area (Å²) in [6, 6.07) is 0. The second-order valence-corrected chi connectivity index (χ2v) is 4.75.